The van der Waals surface area contributed by atoms with Gasteiger partial charge in [0.2, 0.25) is 5.91 Å². The number of anilines is 1. The van der Waals surface area contributed by atoms with E-state index in [2.05, 4.69) is 19.8 Å². The summed E-state index contributed by atoms with van der Waals surface area (Å²) in [6.45, 7) is -1.25. The van der Waals surface area contributed by atoms with Crippen LogP contribution in [0.3, 0.4) is 0 Å². The van der Waals surface area contributed by atoms with Crippen molar-refractivity contribution in [3.05, 3.63) is 46.5 Å². The van der Waals surface area contributed by atoms with Gasteiger partial charge < -0.3 is 9.47 Å². The van der Waals surface area contributed by atoms with E-state index in [0.29, 0.717) is 16.1 Å². The number of amides is 1. The number of thiazole rings is 1. The fourth-order valence-electron chi connectivity index (χ4n) is 1.81. The first-order valence-corrected chi connectivity index (χ1v) is 7.80. The molecule has 1 aromatic carbocycles. The van der Waals surface area contributed by atoms with Crippen LogP contribution in [-0.2, 0) is 9.53 Å². The molecule has 9 heteroatoms. The molecule has 0 saturated carbocycles. The van der Waals surface area contributed by atoms with Crippen molar-refractivity contribution >= 4 is 34.4 Å². The number of hydrogen-bond acceptors (Lipinski definition) is 6. The molecule has 2 aromatic rings. The average molecular weight is 368 g/mol. The van der Waals surface area contributed by atoms with Crippen LogP contribution in [0.2, 0.25) is 0 Å². The molecule has 25 heavy (non-hydrogen) atoms. The number of alkyl halides is 2. The summed E-state index contributed by atoms with van der Waals surface area (Å²) in [5, 5.41) is 2.81. The normalized spacial score (nSPS) is 10.9. The molecular weight excluding hydrogens is 354 g/mol. The Balaban J connectivity index is 1.98. The van der Waals surface area contributed by atoms with Crippen LogP contribution in [0.1, 0.15) is 20.9 Å². The minimum atomic E-state index is -2.89. The van der Waals surface area contributed by atoms with Crippen LogP contribution in [0.15, 0.2) is 30.3 Å². The van der Waals surface area contributed by atoms with Gasteiger partial charge in [0, 0.05) is 6.08 Å². The number of aromatic nitrogens is 1. The van der Waals surface area contributed by atoms with Gasteiger partial charge in [-0.25, -0.2) is 9.78 Å². The molecule has 0 spiro atoms. The highest BCUT2D eigenvalue weighted by Crippen LogP contribution is 2.23. The van der Waals surface area contributed by atoms with E-state index < -0.39 is 18.5 Å². The maximum atomic E-state index is 12.1. The van der Waals surface area contributed by atoms with Gasteiger partial charge in [-0.3, -0.25) is 10.1 Å². The Morgan fingerprint density at radius 3 is 2.56 bits per heavy atom. The van der Waals surface area contributed by atoms with Gasteiger partial charge >= 0.3 is 12.6 Å². The lowest BCUT2D eigenvalue weighted by atomic mass is 10.2. The van der Waals surface area contributed by atoms with Crippen LogP contribution < -0.4 is 10.1 Å². The molecule has 0 saturated heterocycles. The SMILES string of the molecule is COC(=O)c1sc(NC(=O)/C=C/c2ccc(OC(F)F)cc2)nc1C. The number of hydrogen-bond donors (Lipinski definition) is 1. The van der Waals surface area contributed by atoms with Crippen molar-refractivity contribution < 1.29 is 27.8 Å². The van der Waals surface area contributed by atoms with E-state index in [1.807, 2.05) is 0 Å². The second-order valence-corrected chi connectivity index (χ2v) is 5.69. The molecule has 0 aliphatic carbocycles. The molecule has 132 valence electrons. The Bertz CT molecular complexity index is 788. The van der Waals surface area contributed by atoms with Crippen molar-refractivity contribution in [1.29, 1.82) is 0 Å². The second kappa shape index (κ2) is 8.34. The number of nitrogens with one attached hydrogen (secondary N) is 1. The lowest BCUT2D eigenvalue weighted by Crippen LogP contribution is -2.07. The van der Waals surface area contributed by atoms with Gasteiger partial charge in [0.15, 0.2) is 5.13 Å². The van der Waals surface area contributed by atoms with Crippen molar-refractivity contribution in [3.8, 4) is 5.75 Å². The molecule has 0 aliphatic rings. The fraction of sp³-hybridized carbons (Fsp3) is 0.188. The molecule has 0 bridgehead atoms. The lowest BCUT2D eigenvalue weighted by molar-refractivity contribution is -0.111. The van der Waals surface area contributed by atoms with Gasteiger partial charge in [-0.15, -0.1) is 0 Å². The van der Waals surface area contributed by atoms with Crippen LogP contribution in [0.5, 0.6) is 5.75 Å². The number of halogens is 2. The maximum absolute atomic E-state index is 12.1. The predicted molar refractivity (Wildman–Crippen MR) is 88.9 cm³/mol. The Kier molecular flexibility index (Phi) is 6.18. The first-order chi connectivity index (χ1) is 11.9. The molecule has 0 unspecified atom stereocenters. The van der Waals surface area contributed by atoms with E-state index in [4.69, 9.17) is 0 Å². The predicted octanol–water partition coefficient (Wildman–Crippen LogP) is 3.49. The topological polar surface area (TPSA) is 77.5 Å². The number of carbonyl (C=O) groups excluding carboxylic acids is 2. The largest absolute Gasteiger partial charge is 0.465 e. The Morgan fingerprint density at radius 1 is 1.28 bits per heavy atom. The molecule has 0 fully saturated rings. The molecule has 0 atom stereocenters. The van der Waals surface area contributed by atoms with Crippen molar-refractivity contribution in [1.82, 2.24) is 4.98 Å². The van der Waals surface area contributed by atoms with Crippen molar-refractivity contribution in [3.63, 3.8) is 0 Å². The van der Waals surface area contributed by atoms with Gasteiger partial charge in [-0.05, 0) is 30.7 Å². The molecule has 1 heterocycles. The zero-order chi connectivity index (χ0) is 18.4. The highest BCUT2D eigenvalue weighted by molar-refractivity contribution is 7.17. The van der Waals surface area contributed by atoms with Gasteiger partial charge in [0.05, 0.1) is 12.8 Å². The lowest BCUT2D eigenvalue weighted by Gasteiger charge is -2.03. The quantitative estimate of drug-likeness (QED) is 0.624. The summed E-state index contributed by atoms with van der Waals surface area (Å²) >= 11 is 1.01. The highest BCUT2D eigenvalue weighted by Gasteiger charge is 2.16. The van der Waals surface area contributed by atoms with Crippen molar-refractivity contribution in [2.45, 2.75) is 13.5 Å². The summed E-state index contributed by atoms with van der Waals surface area (Å²) in [4.78, 5) is 27.8. The molecule has 0 radical (unpaired) electrons. The number of esters is 1. The van der Waals surface area contributed by atoms with Crippen molar-refractivity contribution in [2.75, 3.05) is 12.4 Å². The van der Waals surface area contributed by atoms with Crippen LogP contribution >= 0.6 is 11.3 Å². The zero-order valence-electron chi connectivity index (χ0n) is 13.3. The summed E-state index contributed by atoms with van der Waals surface area (Å²) in [6, 6.07) is 5.81. The summed E-state index contributed by atoms with van der Waals surface area (Å²) in [5.74, 6) is -0.930. The number of ether oxygens (including phenoxy) is 2. The molecule has 1 aromatic heterocycles. The Hall–Kier alpha value is -2.81. The summed E-state index contributed by atoms with van der Waals surface area (Å²) in [5.41, 5.74) is 1.09. The summed E-state index contributed by atoms with van der Waals surface area (Å²) < 4.78 is 33.0. The smallest absolute Gasteiger partial charge is 0.387 e. The molecule has 1 amide bonds. The van der Waals surface area contributed by atoms with Gasteiger partial charge in [-0.1, -0.05) is 23.5 Å². The summed E-state index contributed by atoms with van der Waals surface area (Å²) in [7, 11) is 1.26. The first-order valence-electron chi connectivity index (χ1n) is 6.98. The first kappa shape index (κ1) is 18.5. The third-order valence-electron chi connectivity index (χ3n) is 2.93. The number of methoxy groups -OCH3 is 1. The van der Waals surface area contributed by atoms with Crippen molar-refractivity contribution in [2.24, 2.45) is 0 Å². The number of aryl methyl sites for hydroxylation is 1. The van der Waals surface area contributed by atoms with E-state index >= 15 is 0 Å². The van der Waals surface area contributed by atoms with Gasteiger partial charge in [-0.2, -0.15) is 8.78 Å². The maximum Gasteiger partial charge on any atom is 0.387 e. The Labute approximate surface area is 146 Å². The van der Waals surface area contributed by atoms with E-state index in [-0.39, 0.29) is 10.9 Å². The van der Waals surface area contributed by atoms with E-state index in [9.17, 15) is 18.4 Å². The highest BCUT2D eigenvalue weighted by atomic mass is 32.1. The number of benzene rings is 1. The minimum absolute atomic E-state index is 0.0326. The standard InChI is InChI=1S/C16H14F2N2O4S/c1-9-13(14(22)23-2)25-16(19-9)20-12(21)8-5-10-3-6-11(7-4-10)24-15(17)18/h3-8,15H,1-2H3,(H,19,20,21)/b8-5+. The fourth-order valence-corrected chi connectivity index (χ4v) is 2.70. The molecule has 6 nitrogen and oxygen atoms in total. The van der Waals surface area contributed by atoms with Crippen LogP contribution in [0.25, 0.3) is 6.08 Å². The van der Waals surface area contributed by atoms with E-state index in [1.165, 1.54) is 43.5 Å². The van der Waals surface area contributed by atoms with Crippen LogP contribution in [0.4, 0.5) is 13.9 Å². The average Bonchev–Trinajstić information content (AvgIpc) is 2.93. The minimum Gasteiger partial charge on any atom is -0.465 e. The Morgan fingerprint density at radius 2 is 1.96 bits per heavy atom. The van der Waals surface area contributed by atoms with Crippen LogP contribution in [0, 0.1) is 6.92 Å². The molecule has 0 aliphatic heterocycles. The number of carbonyl (C=O) groups is 2. The van der Waals surface area contributed by atoms with E-state index in [1.54, 1.807) is 6.92 Å². The van der Waals surface area contributed by atoms with Gasteiger partial charge in [0.1, 0.15) is 10.6 Å². The van der Waals surface area contributed by atoms with Gasteiger partial charge in [0.25, 0.3) is 0 Å². The summed E-state index contributed by atoms with van der Waals surface area (Å²) in [6.07, 6.45) is 2.76. The third kappa shape index (κ3) is 5.35. The van der Waals surface area contributed by atoms with Crippen LogP contribution in [-0.4, -0.2) is 30.6 Å². The monoisotopic (exact) mass is 368 g/mol. The van der Waals surface area contributed by atoms with E-state index in [0.717, 1.165) is 11.3 Å². The third-order valence-corrected chi connectivity index (χ3v) is 3.98. The number of nitrogens with zero attached hydrogens (tertiary/aromatic N) is 1. The number of rotatable bonds is 6. The molecular formula is C16H14F2N2O4S. The second-order valence-electron chi connectivity index (χ2n) is 4.70. The molecule has 1 N–H and O–H groups in total. The zero-order valence-corrected chi connectivity index (χ0v) is 14.1. The molecule has 2 rings (SSSR count).